The summed E-state index contributed by atoms with van der Waals surface area (Å²) in [7, 11) is -5.03. The van der Waals surface area contributed by atoms with Gasteiger partial charge in [-0.15, -0.1) is 0 Å². The van der Waals surface area contributed by atoms with Crippen molar-refractivity contribution in [3.63, 3.8) is 0 Å². The fourth-order valence-corrected chi connectivity index (χ4v) is 4.18. The van der Waals surface area contributed by atoms with E-state index in [2.05, 4.69) is 20.4 Å². The average Bonchev–Trinajstić information content (AvgIpc) is 3.33. The van der Waals surface area contributed by atoms with Crippen LogP contribution in [0.15, 0.2) is 60.9 Å². The Balaban J connectivity index is 1.70. The third-order valence-electron chi connectivity index (χ3n) is 5.61. The minimum absolute atomic E-state index is 0.0139. The monoisotopic (exact) mass is 614 g/mol. The van der Waals surface area contributed by atoms with Crippen LogP contribution >= 0.6 is 0 Å². The lowest BCUT2D eigenvalue weighted by Gasteiger charge is -2.22. The predicted molar refractivity (Wildman–Crippen MR) is 142 cm³/mol. The molecule has 0 fully saturated rings. The first-order valence-corrected chi connectivity index (χ1v) is 13.7. The number of benzene rings is 2. The topological polar surface area (TPSA) is 111 Å². The minimum Gasteiger partial charge on any atom is -0.487 e. The van der Waals surface area contributed by atoms with Gasteiger partial charge in [-0.25, -0.2) is 27.5 Å². The number of aromatic nitrogens is 4. The van der Waals surface area contributed by atoms with Gasteiger partial charge in [0.25, 0.3) is 10.0 Å². The molecular weight excluding hydrogens is 590 g/mol. The van der Waals surface area contributed by atoms with Gasteiger partial charge in [0.05, 0.1) is 29.3 Å². The Morgan fingerprint density at radius 2 is 1.67 bits per heavy atom. The van der Waals surface area contributed by atoms with Gasteiger partial charge in [-0.3, -0.25) is 4.72 Å². The summed E-state index contributed by atoms with van der Waals surface area (Å²) in [5, 5.41) is 7.47. The molecule has 0 radical (unpaired) electrons. The number of halogens is 6. The van der Waals surface area contributed by atoms with Crippen LogP contribution in [0.1, 0.15) is 32.0 Å². The van der Waals surface area contributed by atoms with Crippen molar-refractivity contribution in [3.8, 4) is 17.0 Å². The SMILES string of the molecule is CC(C)(C)n1nc(-c2ccc(NS(=O)(=O)C(F)F)c(OCc3ccc(F)cc3)c2)cc1Nc1cnc(C(F)(F)F)cn1. The zero-order chi connectivity index (χ0) is 30.9. The summed E-state index contributed by atoms with van der Waals surface area (Å²) in [5.41, 5.74) is -0.834. The number of anilines is 3. The van der Waals surface area contributed by atoms with Gasteiger partial charge < -0.3 is 10.1 Å². The number of sulfonamides is 1. The van der Waals surface area contributed by atoms with Crippen LogP contribution < -0.4 is 14.8 Å². The van der Waals surface area contributed by atoms with Gasteiger partial charge in [0.1, 0.15) is 29.8 Å². The van der Waals surface area contributed by atoms with E-state index in [0.717, 1.165) is 6.20 Å². The first kappa shape index (κ1) is 30.6. The van der Waals surface area contributed by atoms with Crippen LogP contribution in [0.2, 0.25) is 0 Å². The Morgan fingerprint density at radius 1 is 0.976 bits per heavy atom. The van der Waals surface area contributed by atoms with Crippen molar-refractivity contribution in [3.05, 3.63) is 78.0 Å². The van der Waals surface area contributed by atoms with Crippen molar-refractivity contribution >= 4 is 27.3 Å². The van der Waals surface area contributed by atoms with Crippen LogP contribution in [0.5, 0.6) is 5.75 Å². The molecule has 4 rings (SSSR count). The highest BCUT2D eigenvalue weighted by Crippen LogP contribution is 2.35. The molecule has 9 nitrogen and oxygen atoms in total. The third kappa shape index (κ3) is 7.29. The molecule has 0 aliphatic rings. The number of hydrogen-bond acceptors (Lipinski definition) is 7. The lowest BCUT2D eigenvalue weighted by atomic mass is 10.1. The Labute approximate surface area is 236 Å². The fraction of sp³-hybridized carbons (Fsp3) is 0.269. The van der Waals surface area contributed by atoms with Gasteiger partial charge in [-0.05, 0) is 50.6 Å². The molecule has 0 saturated carbocycles. The molecule has 0 aliphatic carbocycles. The van der Waals surface area contributed by atoms with Crippen LogP contribution in [-0.4, -0.2) is 33.9 Å². The molecule has 2 aromatic heterocycles. The van der Waals surface area contributed by atoms with Crippen LogP contribution in [0, 0.1) is 5.82 Å². The van der Waals surface area contributed by atoms with Crippen molar-refractivity contribution in [2.75, 3.05) is 10.0 Å². The van der Waals surface area contributed by atoms with Gasteiger partial charge in [0.2, 0.25) is 0 Å². The maximum absolute atomic E-state index is 13.3. The van der Waals surface area contributed by atoms with E-state index in [9.17, 15) is 34.8 Å². The van der Waals surface area contributed by atoms with Gasteiger partial charge in [0.15, 0.2) is 5.69 Å². The Hall–Kier alpha value is -4.34. The fourth-order valence-electron chi connectivity index (χ4n) is 3.62. The molecular formula is C26H24F6N6O3S. The van der Waals surface area contributed by atoms with Crippen LogP contribution in [0.3, 0.4) is 0 Å². The highest BCUT2D eigenvalue weighted by Gasteiger charge is 2.33. The number of ether oxygens (including phenoxy) is 1. The Bertz CT molecular complexity index is 1650. The molecule has 0 atom stereocenters. The smallest absolute Gasteiger partial charge is 0.434 e. The number of nitrogens with zero attached hydrogens (tertiary/aromatic N) is 4. The number of hydrogen-bond donors (Lipinski definition) is 2. The number of nitrogens with one attached hydrogen (secondary N) is 2. The molecule has 2 aromatic carbocycles. The lowest BCUT2D eigenvalue weighted by molar-refractivity contribution is -0.141. The normalized spacial score (nSPS) is 12.4. The highest BCUT2D eigenvalue weighted by molar-refractivity contribution is 7.93. The average molecular weight is 615 g/mol. The largest absolute Gasteiger partial charge is 0.487 e. The van der Waals surface area contributed by atoms with Crippen LogP contribution in [0.4, 0.5) is 43.7 Å². The molecule has 224 valence electrons. The molecule has 0 spiro atoms. The molecule has 42 heavy (non-hydrogen) atoms. The van der Waals surface area contributed by atoms with Crippen molar-refractivity contribution in [2.45, 2.75) is 44.9 Å². The van der Waals surface area contributed by atoms with E-state index >= 15 is 0 Å². The van der Waals surface area contributed by atoms with Crippen molar-refractivity contribution in [1.82, 2.24) is 19.7 Å². The Kier molecular flexibility index (Phi) is 8.39. The van der Waals surface area contributed by atoms with Crippen LogP contribution in [-0.2, 0) is 28.3 Å². The lowest BCUT2D eigenvalue weighted by Crippen LogP contribution is -2.24. The third-order valence-corrected chi connectivity index (χ3v) is 6.59. The second-order valence-corrected chi connectivity index (χ2v) is 11.6. The summed E-state index contributed by atoms with van der Waals surface area (Å²) in [6.45, 7) is 5.33. The predicted octanol–water partition coefficient (Wildman–Crippen LogP) is 6.54. The van der Waals surface area contributed by atoms with Gasteiger partial charge in [-0.2, -0.15) is 27.1 Å². The first-order valence-electron chi connectivity index (χ1n) is 12.1. The summed E-state index contributed by atoms with van der Waals surface area (Å²) in [6.07, 6.45) is -3.14. The van der Waals surface area contributed by atoms with Gasteiger partial charge in [-0.1, -0.05) is 18.2 Å². The second-order valence-electron chi connectivity index (χ2n) is 9.94. The van der Waals surface area contributed by atoms with Crippen molar-refractivity contribution < 1.29 is 39.5 Å². The molecule has 2 N–H and O–H groups in total. The maximum atomic E-state index is 13.3. The summed E-state index contributed by atoms with van der Waals surface area (Å²) < 4.78 is 111. The summed E-state index contributed by atoms with van der Waals surface area (Å²) >= 11 is 0. The van der Waals surface area contributed by atoms with Crippen molar-refractivity contribution in [2.24, 2.45) is 0 Å². The zero-order valence-electron chi connectivity index (χ0n) is 22.2. The number of alkyl halides is 5. The van der Waals surface area contributed by atoms with Gasteiger partial charge >= 0.3 is 11.9 Å². The van der Waals surface area contributed by atoms with E-state index in [1.807, 2.05) is 20.8 Å². The van der Waals surface area contributed by atoms with E-state index < -0.39 is 39.0 Å². The highest BCUT2D eigenvalue weighted by atomic mass is 32.2. The number of rotatable bonds is 9. The Morgan fingerprint density at radius 3 is 2.24 bits per heavy atom. The van der Waals surface area contributed by atoms with E-state index in [-0.39, 0.29) is 23.9 Å². The standard InChI is InChI=1S/C26H24F6N6O3S/c1-25(2,3)38-23(35-22-13-33-21(12-34-22)26(30,31)32)11-19(36-38)16-6-9-18(37-42(39,40)24(28)29)20(10-16)41-14-15-4-7-17(27)8-5-15/h4-13,24,37H,14H2,1-3H3,(H,34,35). The molecule has 0 aliphatic heterocycles. The molecule has 4 aromatic rings. The molecule has 0 bridgehead atoms. The van der Waals surface area contributed by atoms with E-state index in [0.29, 0.717) is 28.8 Å². The van der Waals surface area contributed by atoms with Gasteiger partial charge in [0, 0.05) is 11.6 Å². The zero-order valence-corrected chi connectivity index (χ0v) is 23.1. The molecule has 0 saturated heterocycles. The second kappa shape index (κ2) is 11.5. The van der Waals surface area contributed by atoms with Crippen LogP contribution in [0.25, 0.3) is 11.3 Å². The van der Waals surface area contributed by atoms with E-state index in [4.69, 9.17) is 4.74 Å². The van der Waals surface area contributed by atoms with E-state index in [1.165, 1.54) is 42.5 Å². The molecule has 16 heteroatoms. The summed E-state index contributed by atoms with van der Waals surface area (Å²) in [5.74, 6) is -3.95. The summed E-state index contributed by atoms with van der Waals surface area (Å²) in [6, 6.07) is 10.9. The summed E-state index contributed by atoms with van der Waals surface area (Å²) in [4.78, 5) is 7.16. The maximum Gasteiger partial charge on any atom is 0.434 e. The minimum atomic E-state index is -5.03. The molecule has 2 heterocycles. The molecule has 0 unspecified atom stereocenters. The first-order chi connectivity index (χ1) is 19.5. The quantitative estimate of drug-likeness (QED) is 0.206. The van der Waals surface area contributed by atoms with E-state index in [1.54, 1.807) is 15.5 Å². The molecule has 0 amide bonds. The van der Waals surface area contributed by atoms with Crippen molar-refractivity contribution in [1.29, 1.82) is 0 Å².